The molecule has 0 aromatic heterocycles. The summed E-state index contributed by atoms with van der Waals surface area (Å²) >= 11 is 0. The fourth-order valence-corrected chi connectivity index (χ4v) is 0.986. The first-order valence-electron chi connectivity index (χ1n) is 3.70. The van der Waals surface area contributed by atoms with Gasteiger partial charge in [-0.2, -0.15) is 0 Å². The zero-order chi connectivity index (χ0) is 8.10. The molecule has 1 aliphatic rings. The first-order valence-corrected chi connectivity index (χ1v) is 3.70. The van der Waals surface area contributed by atoms with Gasteiger partial charge < -0.3 is 10.6 Å². The van der Waals surface area contributed by atoms with Crippen LogP contribution in [0.15, 0.2) is 12.7 Å². The van der Waals surface area contributed by atoms with Gasteiger partial charge in [-0.25, -0.2) is 0 Å². The highest BCUT2D eigenvalue weighted by Crippen LogP contribution is 1.89. The second-order valence-corrected chi connectivity index (χ2v) is 2.43. The molecule has 0 aromatic rings. The van der Waals surface area contributed by atoms with Gasteiger partial charge in [0.15, 0.2) is 0 Å². The monoisotopic (exact) mass is 155 g/mol. The van der Waals surface area contributed by atoms with E-state index in [1.165, 1.54) is 6.08 Å². The molecule has 1 rings (SSSR count). The fraction of sp³-hybridized carbons (Fsp3) is 0.571. The molecule has 0 radical (unpaired) electrons. The van der Waals surface area contributed by atoms with E-state index in [1.807, 2.05) is 0 Å². The molecule has 1 unspecified atom stereocenters. The van der Waals surface area contributed by atoms with Crippen molar-refractivity contribution in [3.8, 4) is 0 Å². The Hall–Kier alpha value is -0.870. The standard InChI is InChI=1S/C7H13N3O/c1-2-7(11)10-6-3-4-8-5-9-6/h2,6,8-9H,1,3-5H2,(H,10,11). The second-order valence-electron chi connectivity index (χ2n) is 2.43. The van der Waals surface area contributed by atoms with Crippen molar-refractivity contribution in [2.75, 3.05) is 13.2 Å². The molecule has 1 fully saturated rings. The molecule has 4 nitrogen and oxygen atoms in total. The number of carbonyl (C=O) groups excluding carboxylic acids is 1. The summed E-state index contributed by atoms with van der Waals surface area (Å²) in [6.07, 6.45) is 2.30. The Morgan fingerprint density at radius 1 is 1.73 bits per heavy atom. The number of hydrogen-bond donors (Lipinski definition) is 3. The first-order chi connectivity index (χ1) is 5.33. The minimum Gasteiger partial charge on any atom is -0.337 e. The van der Waals surface area contributed by atoms with Crippen molar-refractivity contribution in [3.63, 3.8) is 0 Å². The van der Waals surface area contributed by atoms with Crippen LogP contribution in [-0.4, -0.2) is 25.3 Å². The van der Waals surface area contributed by atoms with E-state index in [4.69, 9.17) is 0 Å². The third kappa shape index (κ3) is 2.69. The quantitative estimate of drug-likeness (QED) is 0.455. The van der Waals surface area contributed by atoms with Crippen LogP contribution in [0, 0.1) is 0 Å². The van der Waals surface area contributed by atoms with Crippen LogP contribution in [0.1, 0.15) is 6.42 Å². The van der Waals surface area contributed by atoms with Crippen LogP contribution in [0.4, 0.5) is 0 Å². The van der Waals surface area contributed by atoms with Crippen LogP contribution in [0.25, 0.3) is 0 Å². The van der Waals surface area contributed by atoms with Gasteiger partial charge in [-0.05, 0) is 19.0 Å². The van der Waals surface area contributed by atoms with Crippen LogP contribution in [0.2, 0.25) is 0 Å². The lowest BCUT2D eigenvalue weighted by molar-refractivity contribution is -0.117. The van der Waals surface area contributed by atoms with Gasteiger partial charge in [-0.15, -0.1) is 0 Å². The topological polar surface area (TPSA) is 53.2 Å². The van der Waals surface area contributed by atoms with E-state index in [-0.39, 0.29) is 12.1 Å². The van der Waals surface area contributed by atoms with Gasteiger partial charge in [0.2, 0.25) is 5.91 Å². The zero-order valence-electron chi connectivity index (χ0n) is 6.39. The summed E-state index contributed by atoms with van der Waals surface area (Å²) in [7, 11) is 0. The molecule has 0 aliphatic carbocycles. The van der Waals surface area contributed by atoms with Crippen LogP contribution in [0.5, 0.6) is 0 Å². The molecule has 0 bridgehead atoms. The molecule has 1 saturated heterocycles. The summed E-state index contributed by atoms with van der Waals surface area (Å²) < 4.78 is 0. The lowest BCUT2D eigenvalue weighted by Crippen LogP contribution is -2.53. The van der Waals surface area contributed by atoms with Crippen molar-refractivity contribution in [3.05, 3.63) is 12.7 Å². The van der Waals surface area contributed by atoms with Gasteiger partial charge >= 0.3 is 0 Å². The summed E-state index contributed by atoms with van der Waals surface area (Å²) in [6, 6.07) is 0. The highest BCUT2D eigenvalue weighted by Gasteiger charge is 2.11. The zero-order valence-corrected chi connectivity index (χ0v) is 6.39. The molecular formula is C7H13N3O. The van der Waals surface area contributed by atoms with Gasteiger partial charge in [-0.1, -0.05) is 6.58 Å². The van der Waals surface area contributed by atoms with Crippen LogP contribution in [0.3, 0.4) is 0 Å². The maximum Gasteiger partial charge on any atom is 0.244 e. The summed E-state index contributed by atoms with van der Waals surface area (Å²) in [5.74, 6) is -0.121. The summed E-state index contributed by atoms with van der Waals surface area (Å²) in [5, 5.41) is 8.97. The van der Waals surface area contributed by atoms with Crippen molar-refractivity contribution in [1.29, 1.82) is 0 Å². The maximum atomic E-state index is 10.8. The molecular weight excluding hydrogens is 142 g/mol. The number of carbonyl (C=O) groups is 1. The molecule has 1 atom stereocenters. The Morgan fingerprint density at radius 3 is 3.09 bits per heavy atom. The second kappa shape index (κ2) is 4.10. The van der Waals surface area contributed by atoms with E-state index in [9.17, 15) is 4.79 Å². The molecule has 11 heavy (non-hydrogen) atoms. The number of rotatable bonds is 2. The number of hydrogen-bond acceptors (Lipinski definition) is 3. The Morgan fingerprint density at radius 2 is 2.55 bits per heavy atom. The molecule has 0 saturated carbocycles. The van der Waals surface area contributed by atoms with E-state index in [1.54, 1.807) is 0 Å². The number of nitrogens with one attached hydrogen (secondary N) is 3. The number of amides is 1. The van der Waals surface area contributed by atoms with Crippen molar-refractivity contribution < 1.29 is 4.79 Å². The van der Waals surface area contributed by atoms with Crippen molar-refractivity contribution >= 4 is 5.91 Å². The highest BCUT2D eigenvalue weighted by atomic mass is 16.1. The fourth-order valence-electron chi connectivity index (χ4n) is 0.986. The molecule has 62 valence electrons. The minimum atomic E-state index is -0.121. The Balaban J connectivity index is 2.24. The molecule has 1 amide bonds. The SMILES string of the molecule is C=CC(=O)NC1CCNCN1. The molecule has 4 heteroatoms. The lowest BCUT2D eigenvalue weighted by Gasteiger charge is -2.24. The normalized spacial score (nSPS) is 24.2. The van der Waals surface area contributed by atoms with Crippen LogP contribution in [-0.2, 0) is 4.79 Å². The maximum absolute atomic E-state index is 10.8. The lowest BCUT2D eigenvalue weighted by atomic mass is 10.3. The van der Waals surface area contributed by atoms with E-state index in [0.29, 0.717) is 0 Å². The van der Waals surface area contributed by atoms with Crippen LogP contribution >= 0.6 is 0 Å². The average Bonchev–Trinajstić information content (AvgIpc) is 2.06. The van der Waals surface area contributed by atoms with E-state index >= 15 is 0 Å². The Bertz CT molecular complexity index is 152. The van der Waals surface area contributed by atoms with Crippen molar-refractivity contribution in [2.24, 2.45) is 0 Å². The van der Waals surface area contributed by atoms with Gasteiger partial charge in [0.1, 0.15) is 0 Å². The predicted molar refractivity (Wildman–Crippen MR) is 42.8 cm³/mol. The smallest absolute Gasteiger partial charge is 0.244 e. The molecule has 1 heterocycles. The summed E-state index contributed by atoms with van der Waals surface area (Å²) in [5.41, 5.74) is 0. The van der Waals surface area contributed by atoms with Crippen LogP contribution < -0.4 is 16.0 Å². The molecule has 0 spiro atoms. The molecule has 1 aliphatic heterocycles. The van der Waals surface area contributed by atoms with Crippen molar-refractivity contribution in [1.82, 2.24) is 16.0 Å². The van der Waals surface area contributed by atoms with E-state index in [0.717, 1.165) is 19.6 Å². The first kappa shape index (κ1) is 8.23. The third-order valence-corrected chi connectivity index (χ3v) is 1.59. The summed E-state index contributed by atoms with van der Waals surface area (Å²) in [4.78, 5) is 10.8. The largest absolute Gasteiger partial charge is 0.337 e. The van der Waals surface area contributed by atoms with Gasteiger partial charge in [0.05, 0.1) is 6.17 Å². The Labute approximate surface area is 66.0 Å². The van der Waals surface area contributed by atoms with Gasteiger partial charge in [-0.3, -0.25) is 10.1 Å². The van der Waals surface area contributed by atoms with E-state index < -0.39 is 0 Å². The minimum absolute atomic E-state index is 0.0988. The Kier molecular flexibility index (Phi) is 3.07. The van der Waals surface area contributed by atoms with Gasteiger partial charge in [0, 0.05) is 6.67 Å². The molecule has 3 N–H and O–H groups in total. The highest BCUT2D eigenvalue weighted by molar-refractivity contribution is 5.87. The average molecular weight is 155 g/mol. The summed E-state index contributed by atoms with van der Waals surface area (Å²) in [6.45, 7) is 5.06. The predicted octanol–water partition coefficient (Wildman–Crippen LogP) is -0.845. The third-order valence-electron chi connectivity index (χ3n) is 1.59. The van der Waals surface area contributed by atoms with Crippen molar-refractivity contribution in [2.45, 2.75) is 12.6 Å². The molecule has 0 aromatic carbocycles. The van der Waals surface area contributed by atoms with E-state index in [2.05, 4.69) is 22.5 Å². The van der Waals surface area contributed by atoms with Gasteiger partial charge in [0.25, 0.3) is 0 Å².